The van der Waals surface area contributed by atoms with Gasteiger partial charge in [-0.3, -0.25) is 14.9 Å². The summed E-state index contributed by atoms with van der Waals surface area (Å²) >= 11 is 0. The molecule has 1 aliphatic heterocycles. The lowest BCUT2D eigenvalue weighted by Gasteiger charge is -2.19. The van der Waals surface area contributed by atoms with Gasteiger partial charge in [0.05, 0.1) is 10.6 Å². The number of hydrogen-bond donors (Lipinski definition) is 1. The van der Waals surface area contributed by atoms with Crippen molar-refractivity contribution in [1.29, 1.82) is 0 Å². The molecule has 26 heavy (non-hydrogen) atoms. The zero-order chi connectivity index (χ0) is 18.5. The van der Waals surface area contributed by atoms with Gasteiger partial charge in [0.25, 0.3) is 11.6 Å². The van der Waals surface area contributed by atoms with Crippen LogP contribution in [0.15, 0.2) is 47.6 Å². The molecule has 2 aromatic carbocycles. The standard InChI is InChI=1S/C18H17N3O5/c1-2-15(12-6-7-16-17(11-12)26-9-8-25-16)19-20-18(22)13-4-3-5-14(10-13)21(23)24/h3-7,10-11H,2,8-9H2,1H3,(H,20,22)/b19-15+. The molecule has 0 radical (unpaired) electrons. The predicted octanol–water partition coefficient (Wildman–Crippen LogP) is 2.91. The lowest BCUT2D eigenvalue weighted by molar-refractivity contribution is -0.384. The third-order valence-electron chi connectivity index (χ3n) is 3.82. The maximum atomic E-state index is 12.2. The lowest BCUT2D eigenvalue weighted by Crippen LogP contribution is -2.20. The van der Waals surface area contributed by atoms with Crippen molar-refractivity contribution in [3.63, 3.8) is 0 Å². The van der Waals surface area contributed by atoms with Crippen LogP contribution in [0.1, 0.15) is 29.3 Å². The topological polar surface area (TPSA) is 103 Å². The number of hydrazone groups is 1. The zero-order valence-corrected chi connectivity index (χ0v) is 14.1. The van der Waals surface area contributed by atoms with Crippen molar-refractivity contribution in [3.05, 3.63) is 63.7 Å². The molecule has 134 valence electrons. The van der Waals surface area contributed by atoms with Crippen LogP contribution in [0.2, 0.25) is 0 Å². The molecule has 0 saturated carbocycles. The maximum Gasteiger partial charge on any atom is 0.271 e. The number of nitro benzene ring substituents is 1. The molecule has 1 N–H and O–H groups in total. The fourth-order valence-corrected chi connectivity index (χ4v) is 2.51. The molecule has 0 aromatic heterocycles. The van der Waals surface area contributed by atoms with Gasteiger partial charge < -0.3 is 9.47 Å². The number of amides is 1. The Balaban J connectivity index is 1.78. The largest absolute Gasteiger partial charge is 0.486 e. The second-order valence-corrected chi connectivity index (χ2v) is 5.52. The number of carbonyl (C=O) groups is 1. The first-order chi connectivity index (χ1) is 12.6. The van der Waals surface area contributed by atoms with Crippen LogP contribution in [0.3, 0.4) is 0 Å². The van der Waals surface area contributed by atoms with Crippen molar-refractivity contribution in [1.82, 2.24) is 5.43 Å². The molecule has 2 aromatic rings. The van der Waals surface area contributed by atoms with Gasteiger partial charge in [-0.2, -0.15) is 5.10 Å². The van der Waals surface area contributed by atoms with Gasteiger partial charge in [-0.1, -0.05) is 13.0 Å². The number of nitro groups is 1. The summed E-state index contributed by atoms with van der Waals surface area (Å²) in [6, 6.07) is 10.9. The molecule has 8 heteroatoms. The predicted molar refractivity (Wildman–Crippen MR) is 94.8 cm³/mol. The summed E-state index contributed by atoms with van der Waals surface area (Å²) in [6.07, 6.45) is 0.578. The highest BCUT2D eigenvalue weighted by Crippen LogP contribution is 2.31. The molecular weight excluding hydrogens is 338 g/mol. The van der Waals surface area contributed by atoms with Crippen LogP contribution in [0.25, 0.3) is 0 Å². The number of ether oxygens (including phenoxy) is 2. The number of fused-ring (bicyclic) bond motifs is 1. The normalized spacial score (nSPS) is 13.2. The molecule has 1 amide bonds. The Hall–Kier alpha value is -3.42. The Kier molecular flexibility index (Phi) is 5.12. The molecule has 8 nitrogen and oxygen atoms in total. The Morgan fingerprint density at radius 3 is 2.65 bits per heavy atom. The Bertz CT molecular complexity index is 879. The van der Waals surface area contributed by atoms with Gasteiger partial charge in [0.2, 0.25) is 0 Å². The molecule has 1 heterocycles. The van der Waals surface area contributed by atoms with Crippen molar-refractivity contribution in [2.24, 2.45) is 5.10 Å². The average Bonchev–Trinajstić information content (AvgIpc) is 2.68. The summed E-state index contributed by atoms with van der Waals surface area (Å²) in [7, 11) is 0. The molecule has 0 unspecified atom stereocenters. The fourth-order valence-electron chi connectivity index (χ4n) is 2.51. The molecule has 0 bridgehead atoms. The SMILES string of the molecule is CC/C(=N\NC(=O)c1cccc([N+](=O)[O-])c1)c1ccc2c(c1)OCCO2. The van der Waals surface area contributed by atoms with E-state index in [4.69, 9.17) is 9.47 Å². The summed E-state index contributed by atoms with van der Waals surface area (Å²) in [5, 5.41) is 15.0. The number of nitrogens with zero attached hydrogens (tertiary/aromatic N) is 2. The van der Waals surface area contributed by atoms with Gasteiger partial charge in [0.1, 0.15) is 13.2 Å². The Morgan fingerprint density at radius 1 is 1.15 bits per heavy atom. The molecule has 0 saturated heterocycles. The van der Waals surface area contributed by atoms with Crippen molar-refractivity contribution in [2.45, 2.75) is 13.3 Å². The van der Waals surface area contributed by atoms with Gasteiger partial charge in [0, 0.05) is 23.3 Å². The number of nitrogens with one attached hydrogen (secondary N) is 1. The van der Waals surface area contributed by atoms with Crippen LogP contribution in [-0.4, -0.2) is 29.8 Å². The van der Waals surface area contributed by atoms with E-state index >= 15 is 0 Å². The van der Waals surface area contributed by atoms with Gasteiger partial charge >= 0.3 is 0 Å². The number of carbonyl (C=O) groups excluding carboxylic acids is 1. The number of hydrogen-bond acceptors (Lipinski definition) is 6. The first kappa shape index (κ1) is 17.4. The van der Waals surface area contributed by atoms with E-state index in [1.54, 1.807) is 6.07 Å². The van der Waals surface area contributed by atoms with E-state index in [1.807, 2.05) is 19.1 Å². The minimum atomic E-state index is -0.549. The van der Waals surface area contributed by atoms with E-state index in [9.17, 15) is 14.9 Å². The molecule has 0 aliphatic carbocycles. The minimum Gasteiger partial charge on any atom is -0.486 e. The lowest BCUT2D eigenvalue weighted by atomic mass is 10.1. The maximum absolute atomic E-state index is 12.2. The van der Waals surface area contributed by atoms with Gasteiger partial charge in [-0.05, 0) is 30.7 Å². The minimum absolute atomic E-state index is 0.149. The quantitative estimate of drug-likeness (QED) is 0.505. The van der Waals surface area contributed by atoms with Crippen LogP contribution in [-0.2, 0) is 0 Å². The third-order valence-corrected chi connectivity index (χ3v) is 3.82. The van der Waals surface area contributed by atoms with Crippen molar-refractivity contribution in [3.8, 4) is 11.5 Å². The first-order valence-electron chi connectivity index (χ1n) is 8.10. The van der Waals surface area contributed by atoms with Crippen LogP contribution in [0, 0.1) is 10.1 Å². The van der Waals surface area contributed by atoms with Crippen molar-refractivity contribution in [2.75, 3.05) is 13.2 Å². The molecule has 3 rings (SSSR count). The molecular formula is C18H17N3O5. The number of rotatable bonds is 5. The summed E-state index contributed by atoms with van der Waals surface area (Å²) in [5.41, 5.74) is 3.92. The van der Waals surface area contributed by atoms with Gasteiger partial charge in [-0.15, -0.1) is 0 Å². The van der Waals surface area contributed by atoms with E-state index < -0.39 is 10.8 Å². The van der Waals surface area contributed by atoms with E-state index in [-0.39, 0.29) is 11.3 Å². The van der Waals surface area contributed by atoms with E-state index in [2.05, 4.69) is 10.5 Å². The van der Waals surface area contributed by atoms with Crippen LogP contribution < -0.4 is 14.9 Å². The van der Waals surface area contributed by atoms with Crippen LogP contribution in [0.5, 0.6) is 11.5 Å². The third kappa shape index (κ3) is 3.80. The highest BCUT2D eigenvalue weighted by atomic mass is 16.6. The Morgan fingerprint density at radius 2 is 1.92 bits per heavy atom. The first-order valence-corrected chi connectivity index (χ1v) is 8.10. The summed E-state index contributed by atoms with van der Waals surface area (Å²) in [4.78, 5) is 22.5. The summed E-state index contributed by atoms with van der Waals surface area (Å²) in [6.45, 7) is 2.91. The highest BCUT2D eigenvalue weighted by molar-refractivity contribution is 6.02. The number of non-ortho nitro benzene ring substituents is 1. The second kappa shape index (κ2) is 7.64. The average molecular weight is 355 g/mol. The summed E-state index contributed by atoms with van der Waals surface area (Å²) in [5.74, 6) is 0.799. The van der Waals surface area contributed by atoms with Gasteiger partial charge in [-0.25, -0.2) is 5.43 Å². The smallest absolute Gasteiger partial charge is 0.271 e. The second-order valence-electron chi connectivity index (χ2n) is 5.52. The van der Waals surface area contributed by atoms with Crippen molar-refractivity contribution >= 4 is 17.3 Å². The highest BCUT2D eigenvalue weighted by Gasteiger charge is 2.15. The van der Waals surface area contributed by atoms with Crippen LogP contribution in [0.4, 0.5) is 5.69 Å². The van der Waals surface area contributed by atoms with Crippen molar-refractivity contribution < 1.29 is 19.2 Å². The zero-order valence-electron chi connectivity index (χ0n) is 14.1. The van der Waals surface area contributed by atoms with Crippen LogP contribution >= 0.6 is 0 Å². The van der Waals surface area contributed by atoms with E-state index in [0.717, 1.165) is 5.56 Å². The van der Waals surface area contributed by atoms with Gasteiger partial charge in [0.15, 0.2) is 11.5 Å². The molecule has 0 fully saturated rings. The monoisotopic (exact) mass is 355 g/mol. The fraction of sp³-hybridized carbons (Fsp3) is 0.222. The molecule has 0 atom stereocenters. The molecule has 1 aliphatic rings. The van der Waals surface area contributed by atoms with E-state index in [0.29, 0.717) is 36.8 Å². The van der Waals surface area contributed by atoms with E-state index in [1.165, 1.54) is 24.3 Å². The summed E-state index contributed by atoms with van der Waals surface area (Å²) < 4.78 is 11.0. The molecule has 0 spiro atoms. The Labute approximate surface area is 149 Å². The number of benzene rings is 2.